The Morgan fingerprint density at radius 3 is 2.02 bits per heavy atom. The van der Waals surface area contributed by atoms with Crippen LogP contribution in [0.3, 0.4) is 0 Å². The van der Waals surface area contributed by atoms with Gasteiger partial charge in [-0.3, -0.25) is 0 Å². The van der Waals surface area contributed by atoms with E-state index in [2.05, 4.69) is 160 Å². The monoisotopic (exact) mass is 959 g/mol. The van der Waals surface area contributed by atoms with E-state index in [0.717, 1.165) is 39.4 Å². The molecule has 0 aliphatic rings. The Morgan fingerprint density at radius 2 is 1.39 bits per heavy atom. The normalized spacial score (nSPS) is 12.2. The molecule has 6 aromatic carbocycles. The van der Waals surface area contributed by atoms with Gasteiger partial charge in [0.1, 0.15) is 0 Å². The zero-order chi connectivity index (χ0) is 38.9. The summed E-state index contributed by atoms with van der Waals surface area (Å²) in [6, 6.07) is 57.3. The van der Waals surface area contributed by atoms with E-state index in [-0.39, 0.29) is 25.7 Å². The van der Waals surface area contributed by atoms with Crippen molar-refractivity contribution in [3.8, 4) is 50.6 Å². The first-order chi connectivity index (χ1) is 27.1. The van der Waals surface area contributed by atoms with Crippen LogP contribution in [-0.2, 0) is 20.1 Å². The molecule has 3 nitrogen and oxygen atoms in total. The third kappa shape index (κ3) is 7.69. The number of nitrogens with zero attached hydrogens (tertiary/aromatic N) is 3. The molecule has 267 valence electrons. The second-order valence-electron chi connectivity index (χ2n) is 13.9. The maximum absolute atomic E-state index is 7.23. The fourth-order valence-corrected chi connectivity index (χ4v) is 9.88. The standard InChI is InChI=1S/C36H29GeN2S.C12H10N.Ir/c1-37(2,3)27-21-22-34-30(23-27)31(24-40-34)36-38-32-19-10-11-20-33(32)39(36)35-28(25-13-6-4-7-14-25)17-12-18-29(35)26-15-8-5-9-16-26;1-10-7-8-12(13-9-10)11-5-3-2-4-6-11;/h4-23H,1-3H3;2-5,7-9H,1H3;/q2*-1;/i;1D3;. The van der Waals surface area contributed by atoms with Crippen molar-refractivity contribution in [3.63, 3.8) is 0 Å². The summed E-state index contributed by atoms with van der Waals surface area (Å²) in [4.78, 5) is 9.42. The second-order valence-corrected chi connectivity index (χ2v) is 25.4. The number of rotatable bonds is 6. The van der Waals surface area contributed by atoms with Crippen LogP contribution in [0.25, 0.3) is 71.7 Å². The van der Waals surface area contributed by atoms with Crippen LogP contribution in [0, 0.1) is 18.3 Å². The Morgan fingerprint density at radius 1 is 0.704 bits per heavy atom. The van der Waals surface area contributed by atoms with Gasteiger partial charge in [-0.2, -0.15) is 0 Å². The van der Waals surface area contributed by atoms with E-state index in [1.165, 1.54) is 42.9 Å². The molecule has 0 spiro atoms. The molecule has 0 saturated heterocycles. The summed E-state index contributed by atoms with van der Waals surface area (Å²) >= 11 is -0.356. The topological polar surface area (TPSA) is 30.7 Å². The smallest absolute Gasteiger partial charge is 0 e. The molecule has 6 heteroatoms. The summed E-state index contributed by atoms with van der Waals surface area (Å²) in [7, 11) is 0. The molecule has 54 heavy (non-hydrogen) atoms. The van der Waals surface area contributed by atoms with Crippen LogP contribution in [-0.4, -0.2) is 27.8 Å². The van der Waals surface area contributed by atoms with Crippen LogP contribution >= 0.6 is 11.3 Å². The van der Waals surface area contributed by atoms with Crippen molar-refractivity contribution in [1.29, 1.82) is 0 Å². The van der Waals surface area contributed by atoms with E-state index in [4.69, 9.17) is 9.10 Å². The van der Waals surface area contributed by atoms with Crippen molar-refractivity contribution in [3.05, 3.63) is 181 Å². The van der Waals surface area contributed by atoms with E-state index >= 15 is 0 Å². The molecule has 0 aliphatic heterocycles. The average Bonchev–Trinajstić information content (AvgIpc) is 3.82. The molecule has 0 aliphatic carbocycles. The molecule has 3 aromatic heterocycles. The molecule has 0 fully saturated rings. The largest absolute Gasteiger partial charge is 0 e. The molecule has 3 heterocycles. The van der Waals surface area contributed by atoms with Crippen LogP contribution < -0.4 is 4.40 Å². The number of fused-ring (bicyclic) bond motifs is 2. The SMILES string of the molecule is [2H]C([2H])([2H])c1ccc(-c2[c-]cccc2)nc1.[CH3][Ge]([CH3])([CH3])[c]1ccc2s[c-]c(-c3nc4ccccc4n3-c3c(-c4ccccc4)cccc3-c3ccccc3)c2c1.[Ir]. The molecule has 0 amide bonds. The minimum atomic E-state index is -2.09. The number of aromatic nitrogens is 3. The van der Waals surface area contributed by atoms with Crippen LogP contribution in [0.15, 0.2) is 164 Å². The molecule has 0 bridgehead atoms. The van der Waals surface area contributed by atoms with Crippen LogP contribution in [0.5, 0.6) is 0 Å². The molecule has 0 unspecified atom stereocenters. The molecule has 1 radical (unpaired) electrons. The number of thiophene rings is 1. The van der Waals surface area contributed by atoms with Gasteiger partial charge in [0.25, 0.3) is 0 Å². The molecule has 0 atom stereocenters. The third-order valence-electron chi connectivity index (χ3n) is 9.34. The fourth-order valence-electron chi connectivity index (χ4n) is 6.62. The Balaban J connectivity index is 0.000000246. The Kier molecular flexibility index (Phi) is 10.1. The molecule has 0 N–H and O–H groups in total. The van der Waals surface area contributed by atoms with E-state index in [0.29, 0.717) is 0 Å². The summed E-state index contributed by atoms with van der Waals surface area (Å²) in [6.45, 7) is -2.09. The molecule has 9 rings (SSSR count). The van der Waals surface area contributed by atoms with Gasteiger partial charge in [-0.25, -0.2) is 0 Å². The first-order valence-electron chi connectivity index (χ1n) is 19.2. The summed E-state index contributed by atoms with van der Waals surface area (Å²) in [5.74, 6) is 8.29. The van der Waals surface area contributed by atoms with Gasteiger partial charge in [-0.05, 0) is 18.1 Å². The summed E-state index contributed by atoms with van der Waals surface area (Å²) < 4.78 is 26.8. The number of pyridine rings is 1. The van der Waals surface area contributed by atoms with E-state index < -0.39 is 20.1 Å². The minimum absolute atomic E-state index is 0. The Labute approximate surface area is 342 Å². The third-order valence-corrected chi connectivity index (χ3v) is 14.5. The van der Waals surface area contributed by atoms with Gasteiger partial charge in [0.15, 0.2) is 0 Å². The van der Waals surface area contributed by atoms with Gasteiger partial charge in [0, 0.05) is 30.4 Å². The predicted molar refractivity (Wildman–Crippen MR) is 228 cm³/mol. The van der Waals surface area contributed by atoms with Crippen molar-refractivity contribution in [2.75, 3.05) is 0 Å². The Hall–Kier alpha value is -4.91. The maximum atomic E-state index is 7.23. The van der Waals surface area contributed by atoms with Gasteiger partial charge in [-0.15, -0.1) is 35.9 Å². The van der Waals surface area contributed by atoms with E-state index in [9.17, 15) is 0 Å². The van der Waals surface area contributed by atoms with Crippen molar-refractivity contribution in [1.82, 2.24) is 14.5 Å². The summed E-state index contributed by atoms with van der Waals surface area (Å²) in [5, 5.41) is 4.93. The van der Waals surface area contributed by atoms with Crippen molar-refractivity contribution >= 4 is 50.1 Å². The zero-order valence-electron chi connectivity index (χ0n) is 33.2. The van der Waals surface area contributed by atoms with Crippen LogP contribution in [0.4, 0.5) is 0 Å². The second kappa shape index (κ2) is 16.2. The quantitative estimate of drug-likeness (QED) is 0.123. The molecular formula is C48H39GeIrN3S-2. The number of imidazole rings is 1. The van der Waals surface area contributed by atoms with E-state index in [1.54, 1.807) is 29.5 Å². The van der Waals surface area contributed by atoms with Crippen molar-refractivity contribution in [2.45, 2.75) is 24.1 Å². The number of hydrogen-bond acceptors (Lipinski definition) is 3. The number of aryl methyl sites for hydroxylation is 1. The molecule has 9 aromatic rings. The number of para-hydroxylation sites is 3. The van der Waals surface area contributed by atoms with Gasteiger partial charge in [-0.1, -0.05) is 12.1 Å². The van der Waals surface area contributed by atoms with E-state index in [1.807, 2.05) is 18.2 Å². The van der Waals surface area contributed by atoms with Crippen molar-refractivity contribution < 1.29 is 24.2 Å². The van der Waals surface area contributed by atoms with Gasteiger partial charge < -0.3 is 4.98 Å². The Bertz CT molecular complexity index is 2700. The zero-order valence-corrected chi connectivity index (χ0v) is 35.5. The van der Waals surface area contributed by atoms with Crippen molar-refractivity contribution in [2.24, 2.45) is 0 Å². The summed E-state index contributed by atoms with van der Waals surface area (Å²) in [6.07, 6.45) is 1.39. The number of benzene rings is 6. The molecule has 0 saturated carbocycles. The fraction of sp³-hybridized carbons (Fsp3) is 0.0833. The molecular weight excluding hydrogens is 915 g/mol. The maximum Gasteiger partial charge on any atom is 0 e. The first-order valence-corrected chi connectivity index (χ1v) is 25.8. The van der Waals surface area contributed by atoms with Crippen LogP contribution in [0.1, 0.15) is 9.68 Å². The minimum Gasteiger partial charge on any atom is 0 e. The average molecular weight is 958 g/mol. The summed E-state index contributed by atoms with van der Waals surface area (Å²) in [5.41, 5.74) is 10.9. The van der Waals surface area contributed by atoms with Gasteiger partial charge >= 0.3 is 243 Å². The van der Waals surface area contributed by atoms with Gasteiger partial charge in [0.05, 0.1) is 0 Å². The first kappa shape index (κ1) is 33.6. The van der Waals surface area contributed by atoms with Crippen LogP contribution in [0.2, 0.25) is 17.3 Å². The number of hydrogen-bond donors (Lipinski definition) is 0. The predicted octanol–water partition coefficient (Wildman–Crippen LogP) is 12.4. The van der Waals surface area contributed by atoms with Gasteiger partial charge in [0.2, 0.25) is 0 Å².